The molecule has 4 heteroatoms. The van der Waals surface area contributed by atoms with E-state index in [1.807, 2.05) is 24.3 Å². The van der Waals surface area contributed by atoms with Crippen LogP contribution in [0, 0.1) is 0 Å². The predicted molar refractivity (Wildman–Crippen MR) is 73.5 cm³/mol. The number of nitrogens with zero attached hydrogens (tertiary/aromatic N) is 1. The van der Waals surface area contributed by atoms with E-state index in [9.17, 15) is 0 Å². The quantitative estimate of drug-likeness (QED) is 0.801. The molecule has 0 heterocycles. The highest BCUT2D eigenvalue weighted by Gasteiger charge is 2.02. The van der Waals surface area contributed by atoms with Crippen LogP contribution in [0.25, 0.3) is 0 Å². The van der Waals surface area contributed by atoms with Crippen molar-refractivity contribution in [1.29, 1.82) is 0 Å². The highest BCUT2D eigenvalue weighted by atomic mass is 79.9. The third-order valence-corrected chi connectivity index (χ3v) is 2.97. The van der Waals surface area contributed by atoms with Crippen LogP contribution >= 0.6 is 15.9 Å². The van der Waals surface area contributed by atoms with Gasteiger partial charge in [0.15, 0.2) is 0 Å². The van der Waals surface area contributed by atoms with Gasteiger partial charge in [0.25, 0.3) is 0 Å². The molecule has 0 spiro atoms. The van der Waals surface area contributed by atoms with Crippen molar-refractivity contribution in [3.05, 3.63) is 28.7 Å². The second-order valence-corrected chi connectivity index (χ2v) is 4.78. The van der Waals surface area contributed by atoms with Crippen LogP contribution in [0.3, 0.4) is 0 Å². The van der Waals surface area contributed by atoms with E-state index < -0.39 is 0 Å². The molecule has 0 saturated heterocycles. The van der Waals surface area contributed by atoms with Crippen molar-refractivity contribution in [1.82, 2.24) is 4.90 Å². The molecule has 1 N–H and O–H groups in total. The molecule has 0 aliphatic heterocycles. The summed E-state index contributed by atoms with van der Waals surface area (Å²) in [6.07, 6.45) is 1.10. The number of benzene rings is 1. The lowest BCUT2D eigenvalue weighted by atomic mass is 10.3. The first kappa shape index (κ1) is 14.5. The lowest BCUT2D eigenvalue weighted by Gasteiger charge is -2.20. The van der Waals surface area contributed by atoms with Crippen molar-refractivity contribution in [3.63, 3.8) is 0 Å². The molecule has 0 aromatic heterocycles. The molecular formula is C13H20BrNO2. The van der Waals surface area contributed by atoms with Crippen molar-refractivity contribution in [2.45, 2.75) is 13.3 Å². The predicted octanol–water partition coefficient (Wildman–Crippen LogP) is 2.53. The van der Waals surface area contributed by atoms with Gasteiger partial charge in [-0.15, -0.1) is 0 Å². The Kier molecular flexibility index (Phi) is 7.24. The molecule has 0 saturated carbocycles. The van der Waals surface area contributed by atoms with Crippen LogP contribution in [0.5, 0.6) is 5.75 Å². The molecule has 1 aromatic rings. The summed E-state index contributed by atoms with van der Waals surface area (Å²) in [6.45, 7) is 5.58. The van der Waals surface area contributed by atoms with Gasteiger partial charge < -0.3 is 9.84 Å². The van der Waals surface area contributed by atoms with Gasteiger partial charge in [-0.05, 0) is 37.2 Å². The van der Waals surface area contributed by atoms with Gasteiger partial charge in [0, 0.05) is 17.6 Å². The molecule has 3 nitrogen and oxygen atoms in total. The van der Waals surface area contributed by atoms with Crippen molar-refractivity contribution in [2.75, 3.05) is 32.8 Å². The van der Waals surface area contributed by atoms with Crippen LogP contribution in [-0.4, -0.2) is 42.9 Å². The summed E-state index contributed by atoms with van der Waals surface area (Å²) >= 11 is 3.39. The number of hydrogen-bond acceptors (Lipinski definition) is 3. The number of hydrogen-bond donors (Lipinski definition) is 1. The van der Waals surface area contributed by atoms with Crippen molar-refractivity contribution < 1.29 is 9.84 Å². The van der Waals surface area contributed by atoms with Gasteiger partial charge in [-0.25, -0.2) is 0 Å². The maximum Gasteiger partial charge on any atom is 0.119 e. The van der Waals surface area contributed by atoms with Crippen LogP contribution in [0.1, 0.15) is 13.3 Å². The molecule has 0 radical (unpaired) electrons. The van der Waals surface area contributed by atoms with Gasteiger partial charge in [0.2, 0.25) is 0 Å². The third kappa shape index (κ3) is 6.05. The lowest BCUT2D eigenvalue weighted by Crippen LogP contribution is -2.31. The minimum absolute atomic E-state index is 0.207. The van der Waals surface area contributed by atoms with Crippen molar-refractivity contribution >= 4 is 15.9 Å². The van der Waals surface area contributed by atoms with Gasteiger partial charge in [-0.1, -0.05) is 22.9 Å². The monoisotopic (exact) mass is 301 g/mol. The number of halogens is 1. The average Bonchev–Trinajstić information content (AvgIpc) is 2.32. The zero-order valence-corrected chi connectivity index (χ0v) is 11.8. The van der Waals surface area contributed by atoms with E-state index in [-0.39, 0.29) is 6.61 Å². The van der Waals surface area contributed by atoms with Crippen LogP contribution < -0.4 is 4.74 Å². The normalized spacial score (nSPS) is 10.8. The van der Waals surface area contributed by atoms with E-state index in [1.54, 1.807) is 0 Å². The topological polar surface area (TPSA) is 32.7 Å². The summed E-state index contributed by atoms with van der Waals surface area (Å²) in [5.41, 5.74) is 0. The van der Waals surface area contributed by atoms with E-state index in [2.05, 4.69) is 27.8 Å². The number of ether oxygens (including phenoxy) is 1. The van der Waals surface area contributed by atoms with E-state index in [0.717, 1.165) is 36.3 Å². The summed E-state index contributed by atoms with van der Waals surface area (Å²) in [6, 6.07) is 7.82. The maximum atomic E-state index is 8.92. The van der Waals surface area contributed by atoms with Gasteiger partial charge in [-0.2, -0.15) is 0 Å². The summed E-state index contributed by atoms with van der Waals surface area (Å²) in [5, 5.41) is 8.92. The Bertz CT molecular complexity index is 297. The molecule has 0 aliphatic carbocycles. The van der Waals surface area contributed by atoms with Crippen LogP contribution in [0.2, 0.25) is 0 Å². The first-order valence-corrected chi connectivity index (χ1v) is 6.77. The molecule has 0 fully saturated rings. The molecule has 0 amide bonds. The zero-order valence-electron chi connectivity index (χ0n) is 10.2. The molecule has 0 unspecified atom stereocenters. The number of aliphatic hydroxyl groups is 1. The molecule has 0 bridgehead atoms. The van der Waals surface area contributed by atoms with E-state index in [4.69, 9.17) is 9.84 Å². The minimum Gasteiger partial charge on any atom is -0.492 e. The SMILES string of the molecule is CCCN(CCO)CCOc1ccc(Br)cc1. The second kappa shape index (κ2) is 8.50. The van der Waals surface area contributed by atoms with Crippen LogP contribution in [0.4, 0.5) is 0 Å². The Labute approximate surface area is 112 Å². The van der Waals surface area contributed by atoms with Crippen molar-refractivity contribution in [3.8, 4) is 5.75 Å². The summed E-state index contributed by atoms with van der Waals surface area (Å²) in [7, 11) is 0. The molecule has 96 valence electrons. The van der Waals surface area contributed by atoms with Gasteiger partial charge in [0.1, 0.15) is 12.4 Å². The minimum atomic E-state index is 0.207. The first-order valence-electron chi connectivity index (χ1n) is 5.98. The van der Waals surface area contributed by atoms with Crippen molar-refractivity contribution in [2.24, 2.45) is 0 Å². The van der Waals surface area contributed by atoms with Gasteiger partial charge >= 0.3 is 0 Å². The average molecular weight is 302 g/mol. The fraction of sp³-hybridized carbons (Fsp3) is 0.538. The standard InChI is InChI=1S/C13H20BrNO2/c1-2-7-15(8-10-16)9-11-17-13-5-3-12(14)4-6-13/h3-6,16H,2,7-11H2,1H3. The maximum absolute atomic E-state index is 8.92. The molecule has 0 aliphatic rings. The highest BCUT2D eigenvalue weighted by Crippen LogP contribution is 2.15. The zero-order chi connectivity index (χ0) is 12.5. The summed E-state index contributed by atoms with van der Waals surface area (Å²) in [4.78, 5) is 2.21. The molecular weight excluding hydrogens is 282 g/mol. The molecule has 1 aromatic carbocycles. The largest absolute Gasteiger partial charge is 0.492 e. The Morgan fingerprint density at radius 3 is 2.47 bits per heavy atom. The highest BCUT2D eigenvalue weighted by molar-refractivity contribution is 9.10. The van der Waals surface area contributed by atoms with E-state index in [0.29, 0.717) is 6.61 Å². The first-order chi connectivity index (χ1) is 8.26. The van der Waals surface area contributed by atoms with Gasteiger partial charge in [0.05, 0.1) is 6.61 Å². The third-order valence-electron chi connectivity index (χ3n) is 2.45. The van der Waals surface area contributed by atoms with E-state index >= 15 is 0 Å². The molecule has 0 atom stereocenters. The number of rotatable bonds is 8. The lowest BCUT2D eigenvalue weighted by molar-refractivity contribution is 0.168. The second-order valence-electron chi connectivity index (χ2n) is 3.87. The molecule has 1 rings (SSSR count). The summed E-state index contributed by atoms with van der Waals surface area (Å²) in [5.74, 6) is 0.883. The Morgan fingerprint density at radius 2 is 1.88 bits per heavy atom. The Balaban J connectivity index is 2.27. The van der Waals surface area contributed by atoms with Crippen LogP contribution in [-0.2, 0) is 0 Å². The van der Waals surface area contributed by atoms with Gasteiger partial charge in [-0.3, -0.25) is 4.90 Å². The Morgan fingerprint density at radius 1 is 1.18 bits per heavy atom. The Hall–Kier alpha value is -0.580. The molecule has 17 heavy (non-hydrogen) atoms. The smallest absolute Gasteiger partial charge is 0.119 e. The number of aliphatic hydroxyl groups excluding tert-OH is 1. The fourth-order valence-corrected chi connectivity index (χ4v) is 1.88. The fourth-order valence-electron chi connectivity index (χ4n) is 1.62. The summed E-state index contributed by atoms with van der Waals surface area (Å²) < 4.78 is 6.69. The van der Waals surface area contributed by atoms with Crippen LogP contribution in [0.15, 0.2) is 28.7 Å². The van der Waals surface area contributed by atoms with E-state index in [1.165, 1.54) is 0 Å².